The molecule has 0 radical (unpaired) electrons. The molecular formula is C17H36O2Si. The fourth-order valence-corrected chi connectivity index (χ4v) is 4.32. The van der Waals surface area contributed by atoms with Gasteiger partial charge in [0.2, 0.25) is 0 Å². The average molecular weight is 301 g/mol. The van der Waals surface area contributed by atoms with E-state index in [2.05, 4.69) is 61.6 Å². The molecule has 2 nitrogen and oxygen atoms in total. The highest BCUT2D eigenvalue weighted by Gasteiger charge is 2.63. The highest BCUT2D eigenvalue weighted by Crippen LogP contribution is 2.59. The summed E-state index contributed by atoms with van der Waals surface area (Å²) in [5.41, 5.74) is -0.000208. The molecule has 0 aromatic heterocycles. The van der Waals surface area contributed by atoms with Crippen molar-refractivity contribution in [3.8, 4) is 0 Å². The second-order valence-corrected chi connectivity index (χ2v) is 13.7. The average Bonchev–Trinajstić information content (AvgIpc) is 2.89. The molecule has 120 valence electrons. The van der Waals surface area contributed by atoms with Crippen molar-refractivity contribution in [2.24, 2.45) is 17.3 Å². The minimum atomic E-state index is -1.74. The molecule has 1 rings (SSSR count). The Hall–Kier alpha value is 0.137. The second-order valence-electron chi connectivity index (χ2n) is 8.98. The third-order valence-corrected chi connectivity index (χ3v) is 10.1. The Bertz CT molecular complexity index is 330. The normalized spacial score (nSPS) is 29.1. The first-order valence-electron chi connectivity index (χ1n) is 8.20. The molecule has 1 fully saturated rings. The van der Waals surface area contributed by atoms with E-state index < -0.39 is 8.32 Å². The maximum absolute atomic E-state index is 10.7. The van der Waals surface area contributed by atoms with Crippen LogP contribution >= 0.6 is 0 Å². The molecule has 0 spiro atoms. The van der Waals surface area contributed by atoms with Crippen LogP contribution in [-0.4, -0.2) is 25.6 Å². The smallest absolute Gasteiger partial charge is 0.192 e. The molecule has 0 bridgehead atoms. The maximum Gasteiger partial charge on any atom is 0.192 e. The van der Waals surface area contributed by atoms with Crippen molar-refractivity contribution < 1.29 is 9.53 Å². The first-order valence-corrected chi connectivity index (χ1v) is 11.1. The minimum absolute atomic E-state index is 0.000208. The Labute approximate surface area is 127 Å². The Kier molecular flexibility index (Phi) is 5.21. The van der Waals surface area contributed by atoms with Crippen LogP contribution in [0.5, 0.6) is 0 Å². The van der Waals surface area contributed by atoms with Gasteiger partial charge in [-0.2, -0.15) is 0 Å². The van der Waals surface area contributed by atoms with E-state index in [1.165, 1.54) is 0 Å². The van der Waals surface area contributed by atoms with E-state index in [-0.39, 0.29) is 22.7 Å². The van der Waals surface area contributed by atoms with Crippen molar-refractivity contribution in [3.05, 3.63) is 0 Å². The van der Waals surface area contributed by atoms with Gasteiger partial charge < -0.3 is 9.53 Å². The van der Waals surface area contributed by atoms with Gasteiger partial charge in [0.25, 0.3) is 0 Å². The van der Waals surface area contributed by atoms with Crippen molar-refractivity contribution in [1.29, 1.82) is 0 Å². The van der Waals surface area contributed by atoms with Gasteiger partial charge in [0.05, 0.1) is 12.2 Å². The van der Waals surface area contributed by atoms with E-state index in [9.17, 15) is 5.11 Å². The van der Waals surface area contributed by atoms with Crippen LogP contribution in [0.15, 0.2) is 0 Å². The van der Waals surface area contributed by atoms with Crippen molar-refractivity contribution in [2.75, 3.05) is 0 Å². The highest BCUT2D eigenvalue weighted by atomic mass is 28.4. The zero-order chi connectivity index (χ0) is 15.9. The molecular weight excluding hydrogens is 264 g/mol. The lowest BCUT2D eigenvalue weighted by Crippen LogP contribution is -2.44. The van der Waals surface area contributed by atoms with Gasteiger partial charge in [-0.15, -0.1) is 0 Å². The lowest BCUT2D eigenvalue weighted by atomic mass is 9.82. The van der Waals surface area contributed by atoms with E-state index in [4.69, 9.17) is 4.43 Å². The fraction of sp³-hybridized carbons (Fsp3) is 1.00. The monoisotopic (exact) mass is 300 g/mol. The molecule has 3 atom stereocenters. The summed E-state index contributed by atoms with van der Waals surface area (Å²) in [5.74, 6) is 1.01. The predicted molar refractivity (Wildman–Crippen MR) is 89.4 cm³/mol. The van der Waals surface area contributed by atoms with E-state index in [1.54, 1.807) is 0 Å². The summed E-state index contributed by atoms with van der Waals surface area (Å²) in [6.07, 6.45) is 1.95. The molecule has 0 amide bonds. The molecule has 1 aliphatic rings. The van der Waals surface area contributed by atoms with Gasteiger partial charge in [0.15, 0.2) is 8.32 Å². The number of aliphatic hydroxyl groups excluding tert-OH is 1. The number of aliphatic hydroxyl groups is 1. The summed E-state index contributed by atoms with van der Waals surface area (Å²) in [4.78, 5) is 0. The van der Waals surface area contributed by atoms with E-state index in [0.29, 0.717) is 11.8 Å². The summed E-state index contributed by atoms with van der Waals surface area (Å²) >= 11 is 0. The zero-order valence-electron chi connectivity index (χ0n) is 15.1. The third-order valence-electron chi connectivity index (χ3n) is 5.61. The standard InChI is InChI=1S/C17H36O2Si/c1-12(2)10-14(18)17(13(3)4)11-15(17)19-20(8,9)16(5,6)7/h12-15,18H,10-11H2,1-9H3/t14-,15-,17+/m1/s1. The Morgan fingerprint density at radius 2 is 1.70 bits per heavy atom. The van der Waals surface area contributed by atoms with Gasteiger partial charge in [0, 0.05) is 5.41 Å². The topological polar surface area (TPSA) is 29.5 Å². The van der Waals surface area contributed by atoms with Crippen molar-refractivity contribution in [2.45, 2.75) is 91.6 Å². The maximum atomic E-state index is 10.7. The summed E-state index contributed by atoms with van der Waals surface area (Å²) < 4.78 is 6.57. The molecule has 1 aliphatic carbocycles. The van der Waals surface area contributed by atoms with Crippen LogP contribution in [0.4, 0.5) is 0 Å². The van der Waals surface area contributed by atoms with E-state index >= 15 is 0 Å². The first-order chi connectivity index (χ1) is 8.84. The summed E-state index contributed by atoms with van der Waals surface area (Å²) in [6.45, 7) is 20.3. The zero-order valence-corrected chi connectivity index (χ0v) is 16.1. The van der Waals surface area contributed by atoms with Gasteiger partial charge in [-0.25, -0.2) is 0 Å². The molecule has 0 aliphatic heterocycles. The van der Waals surface area contributed by atoms with Crippen LogP contribution in [-0.2, 0) is 4.43 Å². The van der Waals surface area contributed by atoms with Crippen LogP contribution in [0, 0.1) is 17.3 Å². The summed E-state index contributed by atoms with van der Waals surface area (Å²) in [6, 6.07) is 0. The molecule has 0 unspecified atom stereocenters. The van der Waals surface area contributed by atoms with Crippen molar-refractivity contribution in [1.82, 2.24) is 0 Å². The number of hydrogen-bond donors (Lipinski definition) is 1. The van der Waals surface area contributed by atoms with Crippen LogP contribution in [0.25, 0.3) is 0 Å². The molecule has 20 heavy (non-hydrogen) atoms. The van der Waals surface area contributed by atoms with Crippen molar-refractivity contribution in [3.63, 3.8) is 0 Å². The molecule has 0 saturated heterocycles. The molecule has 1 saturated carbocycles. The molecule has 0 aromatic rings. The van der Waals surface area contributed by atoms with Gasteiger partial charge >= 0.3 is 0 Å². The van der Waals surface area contributed by atoms with Gasteiger partial charge in [-0.3, -0.25) is 0 Å². The lowest BCUT2D eigenvalue weighted by molar-refractivity contribution is 0.0196. The molecule has 1 N–H and O–H groups in total. The van der Waals surface area contributed by atoms with Crippen molar-refractivity contribution >= 4 is 8.32 Å². The Balaban J connectivity index is 2.81. The molecule has 0 heterocycles. The summed E-state index contributed by atoms with van der Waals surface area (Å²) in [7, 11) is -1.74. The highest BCUT2D eigenvalue weighted by molar-refractivity contribution is 6.74. The first kappa shape index (κ1) is 18.2. The van der Waals surface area contributed by atoms with Gasteiger partial charge in [-0.1, -0.05) is 48.5 Å². The van der Waals surface area contributed by atoms with E-state index in [0.717, 1.165) is 12.8 Å². The molecule has 0 aromatic carbocycles. The fourth-order valence-electron chi connectivity index (χ4n) is 2.95. The SMILES string of the molecule is CC(C)C[C@@H](O)[C@@]1(C(C)C)C[C@H]1O[Si](C)(C)C(C)(C)C. The van der Waals surface area contributed by atoms with Crippen LogP contribution in [0.1, 0.15) is 61.3 Å². The Morgan fingerprint density at radius 3 is 2.05 bits per heavy atom. The third kappa shape index (κ3) is 3.48. The summed E-state index contributed by atoms with van der Waals surface area (Å²) in [5, 5.41) is 10.9. The largest absolute Gasteiger partial charge is 0.413 e. The molecule has 3 heteroatoms. The quantitative estimate of drug-likeness (QED) is 0.712. The minimum Gasteiger partial charge on any atom is -0.413 e. The number of hydrogen-bond acceptors (Lipinski definition) is 2. The van der Waals surface area contributed by atoms with Crippen LogP contribution in [0.2, 0.25) is 18.1 Å². The lowest BCUT2D eigenvalue weighted by Gasteiger charge is -2.38. The predicted octanol–water partition coefficient (Wildman–Crippen LogP) is 4.83. The van der Waals surface area contributed by atoms with Crippen LogP contribution in [0.3, 0.4) is 0 Å². The second kappa shape index (κ2) is 5.73. The number of rotatable bonds is 6. The Morgan fingerprint density at radius 1 is 1.20 bits per heavy atom. The van der Waals surface area contributed by atoms with Gasteiger partial charge in [0.1, 0.15) is 0 Å². The van der Waals surface area contributed by atoms with E-state index in [1.807, 2.05) is 0 Å². The van der Waals surface area contributed by atoms with Gasteiger partial charge in [-0.05, 0) is 42.8 Å². The van der Waals surface area contributed by atoms with Crippen LogP contribution < -0.4 is 0 Å².